The molecule has 0 unspecified atom stereocenters. The maximum Gasteiger partial charge on any atom is 0.240 e. The molecule has 1 aromatic rings. The van der Waals surface area contributed by atoms with Crippen molar-refractivity contribution in [1.82, 2.24) is 15.1 Å². The quantitative estimate of drug-likeness (QED) is 0.802. The van der Waals surface area contributed by atoms with Crippen LogP contribution >= 0.6 is 0 Å². The molecule has 3 heterocycles. The van der Waals surface area contributed by atoms with Crippen LogP contribution in [-0.2, 0) is 16.6 Å². The molecule has 0 radical (unpaired) electrons. The number of piperazine rings is 1. The smallest absolute Gasteiger partial charge is 0.240 e. The Hall–Kier alpha value is -1.89. The highest BCUT2D eigenvalue weighted by Gasteiger charge is 2.47. The molecule has 7 heteroatoms. The number of amides is 2. The van der Waals surface area contributed by atoms with E-state index < -0.39 is 5.41 Å². The van der Waals surface area contributed by atoms with Crippen LogP contribution in [-0.4, -0.2) is 47.8 Å². The largest absolute Gasteiger partial charge is 0.351 e. The minimum Gasteiger partial charge on any atom is -0.351 e. The van der Waals surface area contributed by atoms with Gasteiger partial charge in [0.2, 0.25) is 11.8 Å². The van der Waals surface area contributed by atoms with Gasteiger partial charge in [0.1, 0.15) is 5.69 Å². The van der Waals surface area contributed by atoms with E-state index in [1.54, 1.807) is 4.68 Å². The van der Waals surface area contributed by atoms with Gasteiger partial charge in [0.15, 0.2) is 5.82 Å². The Kier molecular flexibility index (Phi) is 3.47. The third-order valence-corrected chi connectivity index (χ3v) is 4.55. The predicted molar refractivity (Wildman–Crippen MR) is 83.9 cm³/mol. The summed E-state index contributed by atoms with van der Waals surface area (Å²) in [5.41, 5.74) is 0.859. The highest BCUT2D eigenvalue weighted by atomic mass is 16.2. The first-order valence-corrected chi connectivity index (χ1v) is 7.69. The zero-order valence-corrected chi connectivity index (χ0v) is 13.6. The molecule has 0 spiro atoms. The summed E-state index contributed by atoms with van der Waals surface area (Å²) in [6.07, 6.45) is 0.251. The molecule has 0 aliphatic carbocycles. The number of nitrogens with zero attached hydrogens (tertiary/aromatic N) is 4. The Morgan fingerprint density at radius 3 is 2.36 bits per heavy atom. The van der Waals surface area contributed by atoms with E-state index in [4.69, 9.17) is 0 Å². The van der Waals surface area contributed by atoms with Gasteiger partial charge in [0.25, 0.3) is 0 Å². The SMILES string of the molecule is Cc1c(N2C(=O)CC(C)(C)C2=O)c(N2CCNCC2)nn1C. The number of nitrogens with one attached hydrogen (secondary N) is 1. The minimum absolute atomic E-state index is 0.134. The number of carbonyl (C=O) groups excluding carboxylic acids is 2. The lowest BCUT2D eigenvalue weighted by molar-refractivity contribution is -0.124. The molecule has 0 saturated carbocycles. The molecule has 1 N–H and O–H groups in total. The van der Waals surface area contributed by atoms with Gasteiger partial charge in [0, 0.05) is 39.6 Å². The van der Waals surface area contributed by atoms with Crippen molar-refractivity contribution in [2.75, 3.05) is 36.0 Å². The summed E-state index contributed by atoms with van der Waals surface area (Å²) in [5, 5.41) is 7.87. The fraction of sp³-hybridized carbons (Fsp3) is 0.667. The fourth-order valence-corrected chi connectivity index (χ4v) is 3.11. The lowest BCUT2D eigenvalue weighted by Crippen LogP contribution is -2.44. The molecule has 120 valence electrons. The van der Waals surface area contributed by atoms with Gasteiger partial charge in [-0.2, -0.15) is 5.10 Å². The van der Waals surface area contributed by atoms with Crippen LogP contribution in [0.5, 0.6) is 0 Å². The highest BCUT2D eigenvalue weighted by molar-refractivity contribution is 6.23. The maximum atomic E-state index is 12.7. The van der Waals surface area contributed by atoms with Crippen molar-refractivity contribution < 1.29 is 9.59 Å². The molecule has 22 heavy (non-hydrogen) atoms. The van der Waals surface area contributed by atoms with Gasteiger partial charge < -0.3 is 10.2 Å². The van der Waals surface area contributed by atoms with E-state index >= 15 is 0 Å². The number of hydrogen-bond donors (Lipinski definition) is 1. The molecule has 2 aliphatic rings. The molecule has 2 aliphatic heterocycles. The standard InChI is InChI=1S/C15H23N5O2/c1-10-12(20-11(21)9-15(2,3)14(20)22)13(17-18(10)4)19-7-5-16-6-8-19/h16H,5-9H2,1-4H3. The molecule has 0 aromatic carbocycles. The Morgan fingerprint density at radius 2 is 1.82 bits per heavy atom. The van der Waals surface area contributed by atoms with Crippen molar-refractivity contribution in [3.05, 3.63) is 5.69 Å². The van der Waals surface area contributed by atoms with Crippen LogP contribution in [0.3, 0.4) is 0 Å². The van der Waals surface area contributed by atoms with E-state index in [1.165, 1.54) is 4.90 Å². The van der Waals surface area contributed by atoms with Crippen LogP contribution in [0.15, 0.2) is 0 Å². The fourth-order valence-electron chi connectivity index (χ4n) is 3.11. The lowest BCUT2D eigenvalue weighted by atomic mass is 9.92. The second-order valence-corrected chi connectivity index (χ2v) is 6.71. The third-order valence-electron chi connectivity index (χ3n) is 4.55. The van der Waals surface area contributed by atoms with Gasteiger partial charge in [0.05, 0.1) is 11.1 Å². The number of carbonyl (C=O) groups is 2. The number of aromatic nitrogens is 2. The van der Waals surface area contributed by atoms with Crippen LogP contribution in [0.1, 0.15) is 26.0 Å². The molecule has 3 rings (SSSR count). The van der Waals surface area contributed by atoms with Gasteiger partial charge in [-0.25, -0.2) is 4.90 Å². The van der Waals surface area contributed by atoms with Gasteiger partial charge in [-0.3, -0.25) is 14.3 Å². The van der Waals surface area contributed by atoms with Gasteiger partial charge in [-0.05, 0) is 6.92 Å². The summed E-state index contributed by atoms with van der Waals surface area (Å²) in [6.45, 7) is 8.95. The monoisotopic (exact) mass is 305 g/mol. The third kappa shape index (κ3) is 2.20. The molecule has 2 saturated heterocycles. The first kappa shape index (κ1) is 15.0. The zero-order chi connectivity index (χ0) is 16.1. The molecule has 7 nitrogen and oxygen atoms in total. The Labute approximate surface area is 130 Å². The Morgan fingerprint density at radius 1 is 1.18 bits per heavy atom. The van der Waals surface area contributed by atoms with Gasteiger partial charge in [-0.15, -0.1) is 0 Å². The van der Waals surface area contributed by atoms with Crippen molar-refractivity contribution in [2.24, 2.45) is 12.5 Å². The first-order valence-electron chi connectivity index (χ1n) is 7.69. The van der Waals surface area contributed by atoms with Crippen LogP contribution in [0.4, 0.5) is 11.5 Å². The van der Waals surface area contributed by atoms with Crippen LogP contribution in [0, 0.1) is 12.3 Å². The number of rotatable bonds is 2. The van der Waals surface area contributed by atoms with E-state index in [9.17, 15) is 9.59 Å². The van der Waals surface area contributed by atoms with Crippen molar-refractivity contribution in [3.8, 4) is 0 Å². The summed E-state index contributed by atoms with van der Waals surface area (Å²) < 4.78 is 1.75. The second kappa shape index (κ2) is 5.08. The average Bonchev–Trinajstić information content (AvgIpc) is 2.86. The van der Waals surface area contributed by atoms with E-state index in [0.29, 0.717) is 5.69 Å². The van der Waals surface area contributed by atoms with E-state index in [1.807, 2.05) is 27.8 Å². The summed E-state index contributed by atoms with van der Waals surface area (Å²) in [5.74, 6) is 0.466. The van der Waals surface area contributed by atoms with Crippen molar-refractivity contribution in [2.45, 2.75) is 27.2 Å². The van der Waals surface area contributed by atoms with Gasteiger partial charge in [-0.1, -0.05) is 13.8 Å². The van der Waals surface area contributed by atoms with Crippen molar-refractivity contribution in [1.29, 1.82) is 0 Å². The average molecular weight is 305 g/mol. The summed E-state index contributed by atoms with van der Waals surface area (Å²) in [6, 6.07) is 0. The number of imide groups is 1. The maximum absolute atomic E-state index is 12.7. The number of anilines is 2. The molecular formula is C15H23N5O2. The number of hydrogen-bond acceptors (Lipinski definition) is 5. The van der Waals surface area contributed by atoms with Crippen LogP contribution < -0.4 is 15.1 Å². The first-order chi connectivity index (χ1) is 10.3. The van der Waals surface area contributed by atoms with E-state index in [0.717, 1.165) is 37.7 Å². The molecular weight excluding hydrogens is 282 g/mol. The summed E-state index contributed by atoms with van der Waals surface area (Å²) >= 11 is 0. The Balaban J connectivity index is 2.06. The Bertz CT molecular complexity index is 628. The highest BCUT2D eigenvalue weighted by Crippen LogP contribution is 2.40. The topological polar surface area (TPSA) is 70.5 Å². The predicted octanol–water partition coefficient (Wildman–Crippen LogP) is 0.428. The van der Waals surface area contributed by atoms with Gasteiger partial charge >= 0.3 is 0 Å². The van der Waals surface area contributed by atoms with Crippen molar-refractivity contribution in [3.63, 3.8) is 0 Å². The van der Waals surface area contributed by atoms with Crippen LogP contribution in [0.2, 0.25) is 0 Å². The lowest BCUT2D eigenvalue weighted by Gasteiger charge is -2.29. The summed E-state index contributed by atoms with van der Waals surface area (Å²) in [7, 11) is 1.85. The number of aryl methyl sites for hydroxylation is 1. The summed E-state index contributed by atoms with van der Waals surface area (Å²) in [4.78, 5) is 28.6. The zero-order valence-electron chi connectivity index (χ0n) is 13.6. The van der Waals surface area contributed by atoms with E-state index in [-0.39, 0.29) is 18.2 Å². The van der Waals surface area contributed by atoms with E-state index in [2.05, 4.69) is 15.3 Å². The van der Waals surface area contributed by atoms with Crippen molar-refractivity contribution >= 4 is 23.3 Å². The molecule has 0 atom stereocenters. The molecule has 1 aromatic heterocycles. The molecule has 2 amide bonds. The minimum atomic E-state index is -0.639. The second-order valence-electron chi connectivity index (χ2n) is 6.71. The molecule has 2 fully saturated rings. The normalized spacial score (nSPS) is 21.8. The van der Waals surface area contributed by atoms with Crippen LogP contribution in [0.25, 0.3) is 0 Å². The molecule has 0 bridgehead atoms.